The Kier molecular flexibility index (Phi) is 7.20. The summed E-state index contributed by atoms with van der Waals surface area (Å²) in [6, 6.07) is 1.02. The van der Waals surface area contributed by atoms with Gasteiger partial charge in [-0.15, -0.1) is 0 Å². The lowest BCUT2D eigenvalue weighted by atomic mass is 10.3. The molecular weight excluding hydrogens is 301 g/mol. The molecule has 0 aliphatic heterocycles. The highest BCUT2D eigenvalue weighted by molar-refractivity contribution is 8.13. The lowest BCUT2D eigenvalue weighted by Crippen LogP contribution is -2.07. The fraction of sp³-hybridized carbons (Fsp3) is 0.400. The van der Waals surface area contributed by atoms with Crippen LogP contribution in [0.15, 0.2) is 17.2 Å². The van der Waals surface area contributed by atoms with Gasteiger partial charge >= 0.3 is 5.97 Å². The topological polar surface area (TPSA) is 73.3 Å². The van der Waals surface area contributed by atoms with E-state index >= 15 is 0 Å². The molecule has 0 bridgehead atoms. The fourth-order valence-electron chi connectivity index (χ4n) is 0.914. The van der Waals surface area contributed by atoms with E-state index in [-0.39, 0.29) is 22.2 Å². The summed E-state index contributed by atoms with van der Waals surface area (Å²) in [6.07, 6.45) is 0.966. The maximum Gasteiger partial charge on any atom is 0.341 e. The number of halogens is 2. The predicted octanol–water partition coefficient (Wildman–Crippen LogP) is 2.87. The van der Waals surface area contributed by atoms with Crippen LogP contribution < -0.4 is 0 Å². The second-order valence-electron chi connectivity index (χ2n) is 2.67. The summed E-state index contributed by atoms with van der Waals surface area (Å²) in [6.45, 7) is 5.76. The molecule has 0 spiro atoms. The van der Waals surface area contributed by atoms with Crippen LogP contribution in [0.2, 0.25) is 5.15 Å². The highest BCUT2D eigenvalue weighted by Gasteiger charge is 2.18. The first-order valence-electron chi connectivity index (χ1n) is 5.13. The molecule has 0 atom stereocenters. The van der Waals surface area contributed by atoms with Gasteiger partial charge in [-0.25, -0.2) is 18.2 Å². The van der Waals surface area contributed by atoms with E-state index in [1.807, 2.05) is 13.8 Å². The van der Waals surface area contributed by atoms with E-state index < -0.39 is 15.0 Å². The monoisotopic (exact) mass is 313 g/mol. The molecule has 1 rings (SSSR count). The van der Waals surface area contributed by atoms with E-state index in [0.29, 0.717) is 0 Å². The average molecular weight is 314 g/mol. The van der Waals surface area contributed by atoms with Gasteiger partial charge in [-0.2, -0.15) is 0 Å². The second kappa shape index (κ2) is 7.56. The van der Waals surface area contributed by atoms with Gasteiger partial charge in [0.15, 0.2) is 0 Å². The van der Waals surface area contributed by atoms with E-state index in [1.165, 1.54) is 0 Å². The Morgan fingerprint density at radius 2 is 2.00 bits per heavy atom. The summed E-state index contributed by atoms with van der Waals surface area (Å²) < 4.78 is 26.7. The van der Waals surface area contributed by atoms with Gasteiger partial charge in [0, 0.05) is 16.9 Å². The molecule has 102 valence electrons. The minimum Gasteiger partial charge on any atom is -0.462 e. The Labute approximate surface area is 115 Å². The first-order valence-corrected chi connectivity index (χ1v) is 7.82. The number of ether oxygens (including phenoxy) is 1. The van der Waals surface area contributed by atoms with Crippen molar-refractivity contribution in [1.82, 2.24) is 4.98 Å². The number of carbonyl (C=O) groups excluding carboxylic acids is 1. The Hall–Kier alpha value is -0.850. The molecule has 0 saturated carbocycles. The van der Waals surface area contributed by atoms with Crippen molar-refractivity contribution < 1.29 is 17.9 Å². The molecule has 0 unspecified atom stereocenters. The summed E-state index contributed by atoms with van der Waals surface area (Å²) in [5.41, 5.74) is -0.134. The molecular formula is C10H13Cl2NO4S. The summed E-state index contributed by atoms with van der Waals surface area (Å²) in [5, 5.41) is -0.137. The Morgan fingerprint density at radius 1 is 1.44 bits per heavy atom. The van der Waals surface area contributed by atoms with Gasteiger partial charge in [-0.05, 0) is 13.0 Å². The molecule has 1 aromatic heterocycles. The van der Waals surface area contributed by atoms with Gasteiger partial charge in [0.25, 0.3) is 9.05 Å². The Balaban J connectivity index is 0.00000137. The third kappa shape index (κ3) is 4.80. The third-order valence-electron chi connectivity index (χ3n) is 1.59. The van der Waals surface area contributed by atoms with Crippen LogP contribution in [0.1, 0.15) is 31.1 Å². The Bertz CT molecular complexity index is 517. The minimum absolute atomic E-state index is 0.134. The van der Waals surface area contributed by atoms with Crippen molar-refractivity contribution in [3.8, 4) is 0 Å². The highest BCUT2D eigenvalue weighted by atomic mass is 35.7. The maximum atomic E-state index is 11.4. The van der Waals surface area contributed by atoms with Gasteiger partial charge in [-0.3, -0.25) is 0 Å². The summed E-state index contributed by atoms with van der Waals surface area (Å²) >= 11 is 5.63. The van der Waals surface area contributed by atoms with E-state index in [1.54, 1.807) is 6.92 Å². The maximum absolute atomic E-state index is 11.4. The van der Waals surface area contributed by atoms with Crippen LogP contribution in [-0.2, 0) is 13.8 Å². The quantitative estimate of drug-likeness (QED) is 0.487. The number of hydrogen-bond donors (Lipinski definition) is 0. The van der Waals surface area contributed by atoms with E-state index in [0.717, 1.165) is 12.3 Å². The second-order valence-corrected chi connectivity index (χ2v) is 5.59. The molecule has 1 heterocycles. The normalized spacial score (nSPS) is 10.3. The molecule has 18 heavy (non-hydrogen) atoms. The summed E-state index contributed by atoms with van der Waals surface area (Å²) in [7, 11) is 1.15. The molecule has 0 aliphatic rings. The number of nitrogens with zero attached hydrogens (tertiary/aromatic N) is 1. The molecule has 0 fully saturated rings. The number of rotatable bonds is 3. The zero-order valence-electron chi connectivity index (χ0n) is 10.1. The lowest BCUT2D eigenvalue weighted by molar-refractivity contribution is 0.0526. The van der Waals surface area contributed by atoms with Gasteiger partial charge in [0.2, 0.25) is 0 Å². The molecule has 0 aromatic carbocycles. The summed E-state index contributed by atoms with van der Waals surface area (Å²) in [4.78, 5) is 14.6. The van der Waals surface area contributed by atoms with Crippen LogP contribution in [-0.4, -0.2) is 26.0 Å². The van der Waals surface area contributed by atoms with Crippen LogP contribution in [0.5, 0.6) is 0 Å². The zero-order chi connectivity index (χ0) is 14.3. The van der Waals surface area contributed by atoms with Crippen LogP contribution in [0.4, 0.5) is 0 Å². The highest BCUT2D eigenvalue weighted by Crippen LogP contribution is 2.20. The van der Waals surface area contributed by atoms with Crippen LogP contribution in [0.25, 0.3) is 0 Å². The van der Waals surface area contributed by atoms with Crippen molar-refractivity contribution in [2.75, 3.05) is 6.61 Å². The largest absolute Gasteiger partial charge is 0.462 e. The smallest absolute Gasteiger partial charge is 0.341 e. The SMILES string of the molecule is CC.CCOC(=O)c1cc(S(=O)(=O)Cl)cnc1Cl. The molecule has 0 saturated heterocycles. The standard InChI is InChI=1S/C8H7Cl2NO4S.C2H6/c1-2-15-8(12)6-3-5(16(10,13)14)4-11-7(6)9;1-2/h3-4H,2H2,1H3;1-2H3. The Morgan fingerprint density at radius 3 is 2.44 bits per heavy atom. The van der Waals surface area contributed by atoms with E-state index in [4.69, 9.17) is 22.3 Å². The first-order chi connectivity index (χ1) is 8.36. The van der Waals surface area contributed by atoms with Crippen molar-refractivity contribution in [2.45, 2.75) is 25.7 Å². The number of pyridine rings is 1. The van der Waals surface area contributed by atoms with Crippen LogP contribution >= 0.6 is 22.3 Å². The molecule has 0 amide bonds. The zero-order valence-corrected chi connectivity index (χ0v) is 12.4. The number of esters is 1. The molecule has 8 heteroatoms. The van der Waals surface area contributed by atoms with Crippen molar-refractivity contribution >= 4 is 37.3 Å². The van der Waals surface area contributed by atoms with E-state index in [2.05, 4.69) is 9.72 Å². The van der Waals surface area contributed by atoms with Crippen LogP contribution in [0.3, 0.4) is 0 Å². The lowest BCUT2D eigenvalue weighted by Gasteiger charge is -2.04. The third-order valence-corrected chi connectivity index (χ3v) is 3.21. The van der Waals surface area contributed by atoms with Gasteiger partial charge in [0.05, 0.1) is 12.2 Å². The number of hydrogen-bond acceptors (Lipinski definition) is 5. The molecule has 0 radical (unpaired) electrons. The van der Waals surface area contributed by atoms with Crippen LogP contribution in [0, 0.1) is 0 Å². The van der Waals surface area contributed by atoms with Crippen molar-refractivity contribution in [2.24, 2.45) is 0 Å². The van der Waals surface area contributed by atoms with Gasteiger partial charge in [0.1, 0.15) is 10.0 Å². The van der Waals surface area contributed by atoms with Crippen molar-refractivity contribution in [3.05, 3.63) is 23.0 Å². The average Bonchev–Trinajstić information content (AvgIpc) is 2.31. The molecule has 0 N–H and O–H groups in total. The first kappa shape index (κ1) is 17.2. The van der Waals surface area contributed by atoms with Crippen molar-refractivity contribution in [3.63, 3.8) is 0 Å². The number of aromatic nitrogens is 1. The van der Waals surface area contributed by atoms with Gasteiger partial charge in [-0.1, -0.05) is 25.4 Å². The molecule has 1 aromatic rings. The fourth-order valence-corrected chi connectivity index (χ4v) is 1.79. The summed E-state index contributed by atoms with van der Waals surface area (Å²) in [5.74, 6) is -0.748. The number of carbonyl (C=O) groups is 1. The van der Waals surface area contributed by atoms with Gasteiger partial charge < -0.3 is 4.74 Å². The predicted molar refractivity (Wildman–Crippen MR) is 69.6 cm³/mol. The molecule has 5 nitrogen and oxygen atoms in total. The van der Waals surface area contributed by atoms with E-state index in [9.17, 15) is 13.2 Å². The minimum atomic E-state index is -3.95. The van der Waals surface area contributed by atoms with Crippen molar-refractivity contribution in [1.29, 1.82) is 0 Å². The molecule has 0 aliphatic carbocycles.